The van der Waals surface area contributed by atoms with Crippen LogP contribution in [0.3, 0.4) is 0 Å². The monoisotopic (exact) mass is 352 g/mol. The molecule has 1 aliphatic rings. The van der Waals surface area contributed by atoms with E-state index in [9.17, 15) is 9.59 Å². The van der Waals surface area contributed by atoms with Gasteiger partial charge in [-0.2, -0.15) is 0 Å². The minimum absolute atomic E-state index is 0.00178. The molecule has 1 aliphatic heterocycles. The van der Waals surface area contributed by atoms with Crippen molar-refractivity contribution in [2.75, 3.05) is 10.7 Å². The SMILES string of the molecule is C=CC(=O)NCc1ccc(C(=O)N2c3ccccc3SCC2C)cc1. The number of anilines is 1. The van der Waals surface area contributed by atoms with Gasteiger partial charge in [0.1, 0.15) is 0 Å². The quantitative estimate of drug-likeness (QED) is 0.855. The van der Waals surface area contributed by atoms with Gasteiger partial charge in [0.25, 0.3) is 5.91 Å². The standard InChI is InChI=1S/C20H20N2O2S/c1-3-19(23)21-12-15-8-10-16(11-9-15)20(24)22-14(2)13-25-18-7-5-4-6-17(18)22/h3-11,14H,1,12-13H2,2H3,(H,21,23). The minimum atomic E-state index is -0.212. The van der Waals surface area contributed by atoms with Gasteiger partial charge >= 0.3 is 0 Å². The van der Waals surface area contributed by atoms with E-state index in [-0.39, 0.29) is 17.9 Å². The second-order valence-corrected chi connectivity index (χ2v) is 6.98. The number of para-hydroxylation sites is 1. The summed E-state index contributed by atoms with van der Waals surface area (Å²) in [6.07, 6.45) is 1.24. The summed E-state index contributed by atoms with van der Waals surface area (Å²) in [7, 11) is 0. The number of amides is 2. The molecule has 0 radical (unpaired) electrons. The smallest absolute Gasteiger partial charge is 0.258 e. The van der Waals surface area contributed by atoms with Crippen LogP contribution in [0.15, 0.2) is 66.1 Å². The molecule has 1 atom stereocenters. The number of thioether (sulfide) groups is 1. The number of carbonyl (C=O) groups excluding carboxylic acids is 2. The van der Waals surface area contributed by atoms with E-state index in [1.165, 1.54) is 6.08 Å². The van der Waals surface area contributed by atoms with Gasteiger partial charge in [0.05, 0.1) is 5.69 Å². The fourth-order valence-corrected chi connectivity index (χ4v) is 3.83. The zero-order chi connectivity index (χ0) is 17.8. The lowest BCUT2D eigenvalue weighted by Crippen LogP contribution is -2.42. The van der Waals surface area contributed by atoms with Crippen molar-refractivity contribution >= 4 is 29.3 Å². The van der Waals surface area contributed by atoms with Crippen molar-refractivity contribution in [1.29, 1.82) is 0 Å². The third kappa shape index (κ3) is 3.77. The second kappa shape index (κ2) is 7.57. The van der Waals surface area contributed by atoms with Gasteiger partial charge in [0.15, 0.2) is 0 Å². The molecular formula is C20H20N2O2S. The lowest BCUT2D eigenvalue weighted by molar-refractivity contribution is -0.116. The summed E-state index contributed by atoms with van der Waals surface area (Å²) in [6.45, 7) is 5.91. The Morgan fingerprint density at radius 3 is 2.68 bits per heavy atom. The van der Waals surface area contributed by atoms with Gasteiger partial charge in [-0.05, 0) is 42.8 Å². The highest BCUT2D eigenvalue weighted by Gasteiger charge is 2.29. The van der Waals surface area contributed by atoms with E-state index in [4.69, 9.17) is 0 Å². The molecule has 2 aromatic carbocycles. The molecule has 4 nitrogen and oxygen atoms in total. The van der Waals surface area contributed by atoms with Crippen LogP contribution >= 0.6 is 11.8 Å². The first-order valence-corrected chi connectivity index (χ1v) is 9.13. The van der Waals surface area contributed by atoms with Crippen molar-refractivity contribution in [3.63, 3.8) is 0 Å². The number of hydrogen-bond donors (Lipinski definition) is 1. The first-order valence-electron chi connectivity index (χ1n) is 8.14. The second-order valence-electron chi connectivity index (χ2n) is 5.92. The average molecular weight is 352 g/mol. The summed E-state index contributed by atoms with van der Waals surface area (Å²) < 4.78 is 0. The minimum Gasteiger partial charge on any atom is -0.348 e. The average Bonchev–Trinajstić information content (AvgIpc) is 2.66. The predicted octanol–water partition coefficient (Wildman–Crippen LogP) is 3.63. The summed E-state index contributed by atoms with van der Waals surface area (Å²) in [6, 6.07) is 15.5. The van der Waals surface area contributed by atoms with Crippen LogP contribution in [0.25, 0.3) is 0 Å². The first-order chi connectivity index (χ1) is 12.1. The predicted molar refractivity (Wildman–Crippen MR) is 102 cm³/mol. The van der Waals surface area contributed by atoms with Crippen molar-refractivity contribution < 1.29 is 9.59 Å². The van der Waals surface area contributed by atoms with Crippen LogP contribution in [0, 0.1) is 0 Å². The molecule has 1 unspecified atom stereocenters. The van der Waals surface area contributed by atoms with Gasteiger partial charge in [-0.1, -0.05) is 30.8 Å². The molecule has 3 rings (SSSR count). The van der Waals surface area contributed by atoms with Crippen LogP contribution in [-0.2, 0) is 11.3 Å². The molecule has 0 bridgehead atoms. The number of nitrogens with zero attached hydrogens (tertiary/aromatic N) is 1. The molecule has 25 heavy (non-hydrogen) atoms. The maximum Gasteiger partial charge on any atom is 0.258 e. The lowest BCUT2D eigenvalue weighted by atomic mass is 10.1. The number of hydrogen-bond acceptors (Lipinski definition) is 3. The molecule has 0 aliphatic carbocycles. The van der Waals surface area contributed by atoms with E-state index in [1.54, 1.807) is 11.8 Å². The molecule has 0 aromatic heterocycles. The zero-order valence-electron chi connectivity index (χ0n) is 14.1. The zero-order valence-corrected chi connectivity index (χ0v) is 14.9. The van der Waals surface area contributed by atoms with Crippen LogP contribution in [0.5, 0.6) is 0 Å². The van der Waals surface area contributed by atoms with E-state index in [2.05, 4.69) is 24.9 Å². The van der Waals surface area contributed by atoms with Crippen LogP contribution in [0.2, 0.25) is 0 Å². The van der Waals surface area contributed by atoms with Gasteiger partial charge in [0, 0.05) is 28.8 Å². The molecule has 0 spiro atoms. The Morgan fingerprint density at radius 1 is 1.24 bits per heavy atom. The highest BCUT2D eigenvalue weighted by atomic mass is 32.2. The Bertz CT molecular complexity index is 802. The van der Waals surface area contributed by atoms with Gasteiger partial charge in [-0.3, -0.25) is 9.59 Å². The van der Waals surface area contributed by atoms with Crippen LogP contribution in [0.4, 0.5) is 5.69 Å². The summed E-state index contributed by atoms with van der Waals surface area (Å²) in [5.74, 6) is 0.673. The molecule has 1 N–H and O–H groups in total. The van der Waals surface area contributed by atoms with Gasteiger partial charge in [-0.25, -0.2) is 0 Å². The molecular weight excluding hydrogens is 332 g/mol. The lowest BCUT2D eigenvalue weighted by Gasteiger charge is -2.34. The number of rotatable bonds is 4. The van der Waals surface area contributed by atoms with Crippen LogP contribution in [-0.4, -0.2) is 23.6 Å². The van der Waals surface area contributed by atoms with E-state index >= 15 is 0 Å². The molecule has 2 amide bonds. The molecule has 0 saturated carbocycles. The largest absolute Gasteiger partial charge is 0.348 e. The Labute approximate surface area is 151 Å². The van der Waals surface area contributed by atoms with Gasteiger partial charge in [0.2, 0.25) is 5.91 Å². The number of benzene rings is 2. The summed E-state index contributed by atoms with van der Waals surface area (Å²) >= 11 is 1.78. The number of carbonyl (C=O) groups is 2. The third-order valence-corrected chi connectivity index (χ3v) is 5.42. The Morgan fingerprint density at radius 2 is 1.96 bits per heavy atom. The fourth-order valence-electron chi connectivity index (χ4n) is 2.78. The van der Waals surface area contributed by atoms with Crippen LogP contribution < -0.4 is 10.2 Å². The van der Waals surface area contributed by atoms with E-state index < -0.39 is 0 Å². The summed E-state index contributed by atoms with van der Waals surface area (Å²) in [4.78, 5) is 27.3. The molecule has 0 fully saturated rings. The van der Waals surface area contributed by atoms with Crippen molar-refractivity contribution in [2.24, 2.45) is 0 Å². The Hall–Kier alpha value is -2.53. The highest BCUT2D eigenvalue weighted by Crippen LogP contribution is 2.37. The molecule has 2 aromatic rings. The first kappa shape index (κ1) is 17.3. The van der Waals surface area contributed by atoms with Crippen molar-refractivity contribution in [2.45, 2.75) is 24.4 Å². The van der Waals surface area contributed by atoms with Gasteiger partial charge in [-0.15, -0.1) is 11.8 Å². The normalized spacial score (nSPS) is 16.0. The Kier molecular flexibility index (Phi) is 5.24. The number of fused-ring (bicyclic) bond motifs is 1. The molecule has 5 heteroatoms. The van der Waals surface area contributed by atoms with E-state index in [0.717, 1.165) is 21.9 Å². The summed E-state index contributed by atoms with van der Waals surface area (Å²) in [5.41, 5.74) is 2.56. The maximum absolute atomic E-state index is 13.0. The topological polar surface area (TPSA) is 49.4 Å². The molecule has 1 heterocycles. The molecule has 0 saturated heterocycles. The third-order valence-electron chi connectivity index (χ3n) is 4.12. The van der Waals surface area contributed by atoms with Crippen LogP contribution in [0.1, 0.15) is 22.8 Å². The van der Waals surface area contributed by atoms with E-state index in [1.807, 2.05) is 47.4 Å². The highest BCUT2D eigenvalue weighted by molar-refractivity contribution is 7.99. The van der Waals surface area contributed by atoms with Gasteiger partial charge < -0.3 is 10.2 Å². The van der Waals surface area contributed by atoms with E-state index in [0.29, 0.717) is 12.1 Å². The molecule has 128 valence electrons. The van der Waals surface area contributed by atoms with Crippen molar-refractivity contribution in [3.8, 4) is 0 Å². The fraction of sp³-hybridized carbons (Fsp3) is 0.200. The summed E-state index contributed by atoms with van der Waals surface area (Å²) in [5, 5.41) is 2.73. The van der Waals surface area contributed by atoms with Crippen molar-refractivity contribution in [1.82, 2.24) is 5.32 Å². The Balaban J connectivity index is 1.79. The number of nitrogens with one attached hydrogen (secondary N) is 1. The van der Waals surface area contributed by atoms with Crippen molar-refractivity contribution in [3.05, 3.63) is 72.3 Å². The maximum atomic E-state index is 13.0.